The molecule has 0 N–H and O–H groups in total. The van der Waals surface area contributed by atoms with Crippen molar-refractivity contribution in [3.63, 3.8) is 0 Å². The zero-order valence-corrected chi connectivity index (χ0v) is 20.5. The molecule has 0 atom stereocenters. The Bertz CT molecular complexity index is 1470. The number of methoxy groups -OCH3 is 1. The molecule has 1 aliphatic heterocycles. The Morgan fingerprint density at radius 1 is 1.05 bits per heavy atom. The van der Waals surface area contributed by atoms with E-state index in [-0.39, 0.29) is 5.82 Å². The first-order chi connectivity index (χ1) is 17.7. The smallest absolute Gasteiger partial charge is 0.434 e. The topological polar surface area (TPSA) is 99.7 Å². The minimum atomic E-state index is -4.52. The summed E-state index contributed by atoms with van der Waals surface area (Å²) < 4.78 is 48.0. The van der Waals surface area contributed by atoms with E-state index in [0.29, 0.717) is 36.4 Å². The Balaban J connectivity index is 1.32. The van der Waals surface area contributed by atoms with Gasteiger partial charge in [-0.05, 0) is 12.8 Å². The Kier molecular flexibility index (Phi) is 5.39. The van der Waals surface area contributed by atoms with Gasteiger partial charge < -0.3 is 14.2 Å². The second-order valence-electron chi connectivity index (χ2n) is 9.32. The number of rotatable bonds is 5. The van der Waals surface area contributed by atoms with Gasteiger partial charge in [-0.3, -0.25) is 4.68 Å². The number of hydrogen-bond donors (Lipinski definition) is 0. The van der Waals surface area contributed by atoms with Crippen LogP contribution >= 0.6 is 0 Å². The summed E-state index contributed by atoms with van der Waals surface area (Å²) in [6, 6.07) is 0. The Hall–Kier alpha value is -4.03. The highest BCUT2D eigenvalue weighted by atomic mass is 19.4. The maximum atomic E-state index is 13.1. The van der Waals surface area contributed by atoms with Crippen LogP contribution in [0.15, 0.2) is 24.9 Å². The van der Waals surface area contributed by atoms with E-state index in [1.165, 1.54) is 30.3 Å². The molecular formula is C24H24F3N9O. The van der Waals surface area contributed by atoms with Crippen molar-refractivity contribution in [2.45, 2.75) is 37.9 Å². The number of halogens is 3. The Morgan fingerprint density at radius 3 is 2.46 bits per heavy atom. The quantitative estimate of drug-likeness (QED) is 0.401. The number of alkyl halides is 3. The zero-order valence-electron chi connectivity index (χ0n) is 20.5. The molecule has 0 radical (unpaired) electrons. The lowest BCUT2D eigenvalue weighted by Crippen LogP contribution is -2.32. The van der Waals surface area contributed by atoms with Gasteiger partial charge in [-0.25, -0.2) is 24.9 Å². The van der Waals surface area contributed by atoms with E-state index in [1.807, 2.05) is 16.6 Å². The molecule has 1 aliphatic carbocycles. The molecule has 0 spiro atoms. The van der Waals surface area contributed by atoms with E-state index in [4.69, 9.17) is 9.84 Å². The average Bonchev–Trinajstić information content (AvgIpc) is 3.58. The highest BCUT2D eigenvalue weighted by molar-refractivity contribution is 5.73. The van der Waals surface area contributed by atoms with Crippen molar-refractivity contribution in [3.8, 4) is 28.5 Å². The number of aromatic nitrogens is 8. The Morgan fingerprint density at radius 2 is 1.81 bits per heavy atom. The van der Waals surface area contributed by atoms with Crippen LogP contribution in [0.1, 0.15) is 41.4 Å². The minimum Gasteiger partial charge on any atom is -0.480 e. The van der Waals surface area contributed by atoms with Gasteiger partial charge in [-0.1, -0.05) is 0 Å². The molecule has 5 heterocycles. The molecule has 2 aliphatic rings. The third kappa shape index (κ3) is 4.07. The van der Waals surface area contributed by atoms with E-state index in [9.17, 15) is 13.2 Å². The number of nitrogens with zero attached hydrogens (tertiary/aromatic N) is 9. The van der Waals surface area contributed by atoms with E-state index in [0.717, 1.165) is 53.7 Å². The summed E-state index contributed by atoms with van der Waals surface area (Å²) in [4.78, 5) is 23.6. The fourth-order valence-corrected chi connectivity index (χ4v) is 4.86. The summed E-state index contributed by atoms with van der Waals surface area (Å²) in [6.07, 6.45) is 3.86. The van der Waals surface area contributed by atoms with Gasteiger partial charge >= 0.3 is 6.18 Å². The van der Waals surface area contributed by atoms with Gasteiger partial charge in [-0.15, -0.1) is 0 Å². The Labute approximate surface area is 210 Å². The fourth-order valence-electron chi connectivity index (χ4n) is 4.86. The third-order valence-electron chi connectivity index (χ3n) is 6.82. The number of imidazole rings is 1. The van der Waals surface area contributed by atoms with Gasteiger partial charge in [0, 0.05) is 69.4 Å². The predicted molar refractivity (Wildman–Crippen MR) is 127 cm³/mol. The van der Waals surface area contributed by atoms with E-state index >= 15 is 0 Å². The fraction of sp³-hybridized carbons (Fsp3) is 0.417. The lowest BCUT2D eigenvalue weighted by Gasteiger charge is -2.27. The second kappa shape index (κ2) is 8.53. The largest absolute Gasteiger partial charge is 0.480 e. The van der Waals surface area contributed by atoms with Crippen LogP contribution in [-0.2, 0) is 33.2 Å². The van der Waals surface area contributed by atoms with E-state index in [2.05, 4.69) is 24.9 Å². The van der Waals surface area contributed by atoms with Crippen LogP contribution < -0.4 is 9.64 Å². The van der Waals surface area contributed by atoms with Crippen molar-refractivity contribution in [2.24, 2.45) is 14.1 Å². The number of hydrogen-bond acceptors (Lipinski definition) is 8. The van der Waals surface area contributed by atoms with E-state index in [1.54, 1.807) is 7.11 Å². The van der Waals surface area contributed by atoms with Crippen molar-refractivity contribution in [2.75, 3.05) is 18.6 Å². The van der Waals surface area contributed by atoms with Crippen LogP contribution in [0.5, 0.6) is 5.88 Å². The maximum absolute atomic E-state index is 13.1. The van der Waals surface area contributed by atoms with Gasteiger partial charge in [0.1, 0.15) is 17.8 Å². The third-order valence-corrected chi connectivity index (χ3v) is 6.82. The predicted octanol–water partition coefficient (Wildman–Crippen LogP) is 3.54. The first-order valence-corrected chi connectivity index (χ1v) is 11.9. The molecule has 0 aromatic carbocycles. The molecule has 4 aromatic rings. The lowest BCUT2D eigenvalue weighted by molar-refractivity contribution is -0.140. The SMILES string of the molecule is COc1ncnc(C2CC2)c1-c1nn(C)c2c1CN(c1ncc(-c3nc(C(F)(F)F)cn3C)cn1)CC2. The summed E-state index contributed by atoms with van der Waals surface area (Å²) in [6.45, 7) is 1.19. The lowest BCUT2D eigenvalue weighted by atomic mass is 9.99. The van der Waals surface area contributed by atoms with Gasteiger partial charge in [0.05, 0.1) is 23.9 Å². The molecule has 13 heteroatoms. The number of ether oxygens (including phenoxy) is 1. The average molecular weight is 512 g/mol. The van der Waals surface area contributed by atoms with Crippen LogP contribution in [0, 0.1) is 0 Å². The molecule has 1 fully saturated rings. The number of anilines is 1. The van der Waals surface area contributed by atoms with E-state index < -0.39 is 11.9 Å². The first kappa shape index (κ1) is 23.4. The first-order valence-electron chi connectivity index (χ1n) is 11.9. The molecule has 37 heavy (non-hydrogen) atoms. The standard InChI is InChI=1S/C24H24F3N9O/c1-34-11-17(24(25,26)27)32-21(34)14-8-28-23(29-9-14)36-7-6-16-15(10-36)20(33-35(16)2)18-19(13-4-5-13)30-12-31-22(18)37-3/h8-9,11-13H,4-7,10H2,1-3H3. The van der Waals surface area contributed by atoms with Gasteiger partial charge in [0.15, 0.2) is 5.69 Å². The highest BCUT2D eigenvalue weighted by Gasteiger charge is 2.36. The normalized spacial score (nSPS) is 15.7. The summed E-state index contributed by atoms with van der Waals surface area (Å²) in [7, 11) is 5.04. The van der Waals surface area contributed by atoms with Crippen molar-refractivity contribution in [1.29, 1.82) is 0 Å². The highest BCUT2D eigenvalue weighted by Crippen LogP contribution is 2.46. The molecule has 6 rings (SSSR count). The van der Waals surface area contributed by atoms with Gasteiger partial charge in [-0.2, -0.15) is 18.3 Å². The summed E-state index contributed by atoms with van der Waals surface area (Å²) in [5.41, 5.74) is 4.19. The molecule has 0 saturated heterocycles. The molecule has 0 amide bonds. The second-order valence-corrected chi connectivity index (χ2v) is 9.32. The summed E-state index contributed by atoms with van der Waals surface area (Å²) >= 11 is 0. The number of aryl methyl sites for hydroxylation is 2. The zero-order chi connectivity index (χ0) is 25.9. The van der Waals surface area contributed by atoms with Crippen LogP contribution in [0.4, 0.5) is 19.1 Å². The van der Waals surface area contributed by atoms with Gasteiger partial charge in [0.2, 0.25) is 11.8 Å². The summed E-state index contributed by atoms with van der Waals surface area (Å²) in [5.74, 6) is 1.51. The summed E-state index contributed by atoms with van der Waals surface area (Å²) in [5, 5.41) is 4.84. The van der Waals surface area contributed by atoms with Crippen LogP contribution in [0.25, 0.3) is 22.6 Å². The van der Waals surface area contributed by atoms with Crippen LogP contribution in [0.3, 0.4) is 0 Å². The van der Waals surface area contributed by atoms with Crippen molar-refractivity contribution in [3.05, 3.63) is 47.6 Å². The van der Waals surface area contributed by atoms with Crippen molar-refractivity contribution in [1.82, 2.24) is 39.3 Å². The molecular weight excluding hydrogens is 487 g/mol. The van der Waals surface area contributed by atoms with Gasteiger partial charge in [0.25, 0.3) is 0 Å². The monoisotopic (exact) mass is 511 g/mol. The van der Waals surface area contributed by atoms with Crippen LogP contribution in [0.2, 0.25) is 0 Å². The van der Waals surface area contributed by atoms with Crippen molar-refractivity contribution < 1.29 is 17.9 Å². The van der Waals surface area contributed by atoms with Crippen LogP contribution in [-0.4, -0.2) is 52.9 Å². The molecule has 4 aromatic heterocycles. The maximum Gasteiger partial charge on any atom is 0.434 e. The molecule has 0 bridgehead atoms. The minimum absolute atomic E-state index is 0.151. The molecule has 192 valence electrons. The van der Waals surface area contributed by atoms with Crippen molar-refractivity contribution >= 4 is 5.95 Å². The molecule has 0 unspecified atom stereocenters. The molecule has 1 saturated carbocycles. The molecule has 10 nitrogen and oxygen atoms in total. The number of fused-ring (bicyclic) bond motifs is 1.